The number of ether oxygens (including phenoxy) is 1. The summed E-state index contributed by atoms with van der Waals surface area (Å²) in [5, 5.41) is 3.66. The molecule has 0 aliphatic heterocycles. The quantitative estimate of drug-likeness (QED) is 0.249. The summed E-state index contributed by atoms with van der Waals surface area (Å²) in [7, 11) is -2.72. The maximum atomic E-state index is 14.1. The van der Waals surface area contributed by atoms with E-state index in [4.69, 9.17) is 16.3 Å². The zero-order valence-corrected chi connectivity index (χ0v) is 27.7. The summed E-state index contributed by atoms with van der Waals surface area (Å²) in [4.78, 5) is 29.0. The molecule has 11 heteroatoms. The molecule has 0 aromatic heterocycles. The average molecular weight is 691 g/mol. The van der Waals surface area contributed by atoms with E-state index in [2.05, 4.69) is 21.2 Å². The zero-order chi connectivity index (χ0) is 31.1. The number of aryl methyl sites for hydroxylation is 1. The summed E-state index contributed by atoms with van der Waals surface area (Å²) in [6.45, 7) is 3.17. The lowest BCUT2D eigenvalue weighted by Crippen LogP contribution is -2.53. The Morgan fingerprint density at radius 1 is 1.02 bits per heavy atom. The highest BCUT2D eigenvalue weighted by atomic mass is 79.9. The van der Waals surface area contributed by atoms with Crippen molar-refractivity contribution in [2.24, 2.45) is 0 Å². The molecule has 0 bridgehead atoms. The lowest BCUT2D eigenvalue weighted by molar-refractivity contribution is -0.139. The minimum Gasteiger partial charge on any atom is -0.496 e. The number of hydrogen-bond acceptors (Lipinski definition) is 5. The number of nitrogens with one attached hydrogen (secondary N) is 1. The standard InChI is InChI=1S/C32H37BrClN3O5S/c1-22-9-15-27(16-10-22)37(43(40,41)28-17-18-30(42-3)29(33)19-28)21-31(38)36(20-24-11-13-25(34)14-12-24)23(2)32(39)35-26-7-5-4-6-8-26/h9-19,23,26H,4-8,20-21H2,1-3H3,(H,35,39). The Morgan fingerprint density at radius 3 is 2.28 bits per heavy atom. The van der Waals surface area contributed by atoms with Crippen LogP contribution in [0.5, 0.6) is 5.75 Å². The number of methoxy groups -OCH3 is 1. The van der Waals surface area contributed by atoms with Crippen LogP contribution in [0.3, 0.4) is 0 Å². The van der Waals surface area contributed by atoms with Crippen molar-refractivity contribution in [2.45, 2.75) is 69.5 Å². The zero-order valence-electron chi connectivity index (χ0n) is 24.6. The van der Waals surface area contributed by atoms with Crippen LogP contribution in [0.4, 0.5) is 5.69 Å². The van der Waals surface area contributed by atoms with Gasteiger partial charge in [0.2, 0.25) is 11.8 Å². The van der Waals surface area contributed by atoms with Crippen LogP contribution in [-0.4, -0.2) is 50.9 Å². The predicted molar refractivity (Wildman–Crippen MR) is 173 cm³/mol. The van der Waals surface area contributed by atoms with Gasteiger partial charge in [-0.2, -0.15) is 0 Å². The van der Waals surface area contributed by atoms with Gasteiger partial charge in [0.1, 0.15) is 18.3 Å². The first-order chi connectivity index (χ1) is 20.5. The molecule has 8 nitrogen and oxygen atoms in total. The van der Waals surface area contributed by atoms with E-state index in [0.717, 1.165) is 47.5 Å². The second kappa shape index (κ2) is 14.6. The first kappa shape index (κ1) is 32.8. The fraction of sp³-hybridized carbons (Fsp3) is 0.375. The molecule has 3 aromatic carbocycles. The summed E-state index contributed by atoms with van der Waals surface area (Å²) in [5.41, 5.74) is 2.03. The van der Waals surface area contributed by atoms with E-state index in [9.17, 15) is 18.0 Å². The summed E-state index contributed by atoms with van der Waals surface area (Å²) < 4.78 is 35.0. The smallest absolute Gasteiger partial charge is 0.264 e. The van der Waals surface area contributed by atoms with Gasteiger partial charge in [-0.3, -0.25) is 13.9 Å². The molecule has 2 amide bonds. The van der Waals surface area contributed by atoms with Crippen LogP contribution in [0.25, 0.3) is 0 Å². The highest BCUT2D eigenvalue weighted by molar-refractivity contribution is 9.10. The van der Waals surface area contributed by atoms with E-state index >= 15 is 0 Å². The molecule has 1 N–H and O–H groups in total. The van der Waals surface area contributed by atoms with Crippen LogP contribution in [0.2, 0.25) is 5.02 Å². The SMILES string of the molecule is COc1ccc(S(=O)(=O)N(CC(=O)N(Cc2ccc(Cl)cc2)C(C)C(=O)NC2CCCCC2)c2ccc(C)cc2)cc1Br. The molecule has 1 saturated carbocycles. The van der Waals surface area contributed by atoms with Crippen molar-refractivity contribution in [2.75, 3.05) is 18.0 Å². The minimum atomic E-state index is -4.21. The Balaban J connectivity index is 1.68. The molecule has 1 atom stereocenters. The van der Waals surface area contributed by atoms with Crippen molar-refractivity contribution in [3.05, 3.63) is 87.4 Å². The van der Waals surface area contributed by atoms with Gasteiger partial charge >= 0.3 is 0 Å². The maximum absolute atomic E-state index is 14.1. The van der Waals surface area contributed by atoms with E-state index in [1.807, 2.05) is 6.92 Å². The van der Waals surface area contributed by atoms with Gasteiger partial charge < -0.3 is 15.0 Å². The Bertz CT molecular complexity index is 1530. The van der Waals surface area contributed by atoms with Gasteiger partial charge in [-0.25, -0.2) is 8.42 Å². The van der Waals surface area contributed by atoms with Crippen LogP contribution in [0.15, 0.2) is 76.1 Å². The third-order valence-electron chi connectivity index (χ3n) is 7.70. The molecule has 43 heavy (non-hydrogen) atoms. The molecular formula is C32H37BrClN3O5S. The molecule has 0 radical (unpaired) electrons. The summed E-state index contributed by atoms with van der Waals surface area (Å²) in [5.74, 6) is -0.306. The van der Waals surface area contributed by atoms with E-state index in [1.54, 1.807) is 61.5 Å². The molecular weight excluding hydrogens is 654 g/mol. The highest BCUT2D eigenvalue weighted by Crippen LogP contribution is 2.31. The van der Waals surface area contributed by atoms with Crippen molar-refractivity contribution < 1.29 is 22.7 Å². The van der Waals surface area contributed by atoms with Crippen molar-refractivity contribution >= 4 is 55.1 Å². The fourth-order valence-corrected chi connectivity index (χ4v) is 7.37. The van der Waals surface area contributed by atoms with E-state index in [1.165, 1.54) is 24.1 Å². The van der Waals surface area contributed by atoms with Gasteiger partial charge in [0.25, 0.3) is 10.0 Å². The van der Waals surface area contributed by atoms with E-state index in [-0.39, 0.29) is 23.4 Å². The predicted octanol–water partition coefficient (Wildman–Crippen LogP) is 6.48. The van der Waals surface area contributed by atoms with E-state index in [0.29, 0.717) is 20.9 Å². The molecule has 1 fully saturated rings. The van der Waals surface area contributed by atoms with Gasteiger partial charge in [0, 0.05) is 17.6 Å². The summed E-state index contributed by atoms with van der Waals surface area (Å²) in [6.07, 6.45) is 5.06. The Hall–Kier alpha value is -3.08. The second-order valence-electron chi connectivity index (χ2n) is 10.8. The van der Waals surface area contributed by atoms with Gasteiger partial charge in [-0.05, 0) is 90.6 Å². The molecule has 1 aliphatic rings. The molecule has 1 unspecified atom stereocenters. The van der Waals surface area contributed by atoms with Crippen LogP contribution >= 0.6 is 27.5 Å². The first-order valence-corrected chi connectivity index (χ1v) is 16.9. The number of benzene rings is 3. The number of carbonyl (C=O) groups excluding carboxylic acids is 2. The minimum absolute atomic E-state index is 0.0131. The first-order valence-electron chi connectivity index (χ1n) is 14.3. The monoisotopic (exact) mass is 689 g/mol. The van der Waals surface area contributed by atoms with Crippen molar-refractivity contribution in [1.29, 1.82) is 0 Å². The largest absolute Gasteiger partial charge is 0.496 e. The fourth-order valence-electron chi connectivity index (χ4n) is 5.11. The number of sulfonamides is 1. The van der Waals surface area contributed by atoms with Crippen LogP contribution in [0, 0.1) is 6.92 Å². The van der Waals surface area contributed by atoms with Crippen LogP contribution in [-0.2, 0) is 26.2 Å². The average Bonchev–Trinajstić information content (AvgIpc) is 3.00. The summed E-state index contributed by atoms with van der Waals surface area (Å²) >= 11 is 9.46. The molecule has 230 valence electrons. The number of hydrogen-bond donors (Lipinski definition) is 1. The van der Waals surface area contributed by atoms with Crippen molar-refractivity contribution in [1.82, 2.24) is 10.2 Å². The van der Waals surface area contributed by atoms with Gasteiger partial charge in [0.15, 0.2) is 0 Å². The third-order valence-corrected chi connectivity index (χ3v) is 10.3. The molecule has 0 spiro atoms. The highest BCUT2D eigenvalue weighted by Gasteiger charge is 2.33. The number of halogens is 2. The Morgan fingerprint density at radius 2 is 1.67 bits per heavy atom. The third kappa shape index (κ3) is 8.31. The number of rotatable bonds is 11. The molecule has 0 heterocycles. The Labute approximate surface area is 267 Å². The normalized spacial score (nSPS) is 14.5. The lowest BCUT2D eigenvalue weighted by atomic mass is 9.95. The number of nitrogens with zero attached hydrogens (tertiary/aromatic N) is 2. The van der Waals surface area contributed by atoms with Crippen molar-refractivity contribution in [3.63, 3.8) is 0 Å². The van der Waals surface area contributed by atoms with Gasteiger partial charge in [-0.15, -0.1) is 0 Å². The molecule has 3 aromatic rings. The molecule has 4 rings (SSSR count). The number of carbonyl (C=O) groups is 2. The number of amides is 2. The van der Waals surface area contributed by atoms with Gasteiger partial charge in [-0.1, -0.05) is 60.7 Å². The maximum Gasteiger partial charge on any atom is 0.264 e. The lowest BCUT2D eigenvalue weighted by Gasteiger charge is -2.33. The van der Waals surface area contributed by atoms with Crippen LogP contribution in [0.1, 0.15) is 50.2 Å². The Kier molecular flexibility index (Phi) is 11.1. The van der Waals surface area contributed by atoms with Gasteiger partial charge in [0.05, 0.1) is 22.2 Å². The number of anilines is 1. The molecule has 0 saturated heterocycles. The molecule has 1 aliphatic carbocycles. The van der Waals surface area contributed by atoms with E-state index < -0.39 is 28.5 Å². The second-order valence-corrected chi connectivity index (χ2v) is 14.0. The van der Waals surface area contributed by atoms with Crippen LogP contribution < -0.4 is 14.4 Å². The van der Waals surface area contributed by atoms with Crippen molar-refractivity contribution in [3.8, 4) is 5.75 Å². The topological polar surface area (TPSA) is 96.0 Å². The summed E-state index contributed by atoms with van der Waals surface area (Å²) in [6, 6.07) is 17.6.